The lowest BCUT2D eigenvalue weighted by molar-refractivity contribution is -0.157. The summed E-state index contributed by atoms with van der Waals surface area (Å²) in [6.45, 7) is 21.6. The van der Waals surface area contributed by atoms with Gasteiger partial charge < -0.3 is 9.16 Å². The fraction of sp³-hybridized carbons (Fsp3) is 0.590. The fourth-order valence-corrected chi connectivity index (χ4v) is 11.4. The van der Waals surface area contributed by atoms with Crippen LogP contribution in [0.5, 0.6) is 0 Å². The van der Waals surface area contributed by atoms with Crippen LogP contribution >= 0.6 is 0 Å². The Hall–Kier alpha value is -2.68. The Bertz CT molecular complexity index is 1240. The molecule has 2 aromatic rings. The zero-order valence-corrected chi connectivity index (χ0v) is 30.0. The minimum absolute atomic E-state index is 0.0219. The van der Waals surface area contributed by atoms with Gasteiger partial charge in [0.05, 0.1) is 6.42 Å². The number of Topliss-reactive ketones (excluding diaryl/α,β-unsaturated/α-hetero) is 1. The third-order valence-electron chi connectivity index (χ3n) is 8.54. The van der Waals surface area contributed by atoms with E-state index in [0.717, 1.165) is 12.8 Å². The summed E-state index contributed by atoms with van der Waals surface area (Å²) < 4.78 is 12.9. The standard InChI is InChI=1S/C39H56O4Si/c1-29(2)23-31-24-30(25-31)21-22-35(40)32(26-36(41)43-37(3,4)5)27-39(9,10)28-42-44(38(6,7)8,33-17-13-11-14-18-33)34-19-15-12-16-20-34/h11-20,29-32H,23-28H2,1-10H3. The quantitative estimate of drug-likeness (QED) is 0.105. The Balaban J connectivity index is 1.86. The van der Waals surface area contributed by atoms with Gasteiger partial charge in [-0.15, -0.1) is 0 Å². The average Bonchev–Trinajstić information content (AvgIpc) is 2.88. The van der Waals surface area contributed by atoms with Gasteiger partial charge in [-0.1, -0.05) is 115 Å². The molecule has 1 atom stereocenters. The molecule has 240 valence electrons. The molecule has 0 heterocycles. The highest BCUT2D eigenvalue weighted by atomic mass is 28.4. The first kappa shape index (κ1) is 35.8. The molecule has 4 nitrogen and oxygen atoms in total. The molecule has 2 aromatic carbocycles. The van der Waals surface area contributed by atoms with E-state index in [1.165, 1.54) is 16.8 Å². The topological polar surface area (TPSA) is 52.6 Å². The van der Waals surface area contributed by atoms with Crippen LogP contribution in [0, 0.1) is 40.9 Å². The lowest BCUT2D eigenvalue weighted by Gasteiger charge is -2.45. The molecule has 0 radical (unpaired) electrons. The second-order valence-electron chi connectivity index (χ2n) is 16.1. The molecule has 0 saturated heterocycles. The van der Waals surface area contributed by atoms with Crippen LogP contribution in [0.4, 0.5) is 0 Å². The van der Waals surface area contributed by atoms with E-state index in [1.807, 2.05) is 32.9 Å². The lowest BCUT2D eigenvalue weighted by atomic mass is 9.71. The number of carbonyl (C=O) groups excluding carboxylic acids is 2. The Morgan fingerprint density at radius 1 is 0.864 bits per heavy atom. The van der Waals surface area contributed by atoms with Gasteiger partial charge in [0.15, 0.2) is 0 Å². The van der Waals surface area contributed by atoms with Gasteiger partial charge in [0.25, 0.3) is 8.32 Å². The van der Waals surface area contributed by atoms with E-state index < -0.39 is 25.3 Å². The van der Waals surface area contributed by atoms with Crippen LogP contribution < -0.4 is 10.4 Å². The molecule has 44 heavy (non-hydrogen) atoms. The zero-order chi connectivity index (χ0) is 32.8. The van der Waals surface area contributed by atoms with E-state index in [4.69, 9.17) is 9.16 Å². The first-order valence-corrected chi connectivity index (χ1v) is 18.3. The Kier molecular flexibility index (Phi) is 11.9. The minimum atomic E-state index is -2.75. The van der Waals surface area contributed by atoms with Gasteiger partial charge in [0, 0.05) is 18.4 Å². The molecular weight excluding hydrogens is 561 g/mol. The van der Waals surface area contributed by atoms with E-state index >= 15 is 0 Å². The summed E-state index contributed by atoms with van der Waals surface area (Å²) >= 11 is 0. The summed E-state index contributed by atoms with van der Waals surface area (Å²) in [4.78, 5) is 26.6. The number of hydrogen-bond acceptors (Lipinski definition) is 4. The van der Waals surface area contributed by atoms with Crippen molar-refractivity contribution in [1.29, 1.82) is 0 Å². The van der Waals surface area contributed by atoms with Crippen molar-refractivity contribution in [2.75, 3.05) is 6.61 Å². The largest absolute Gasteiger partial charge is 0.460 e. The second kappa shape index (κ2) is 14.6. The van der Waals surface area contributed by atoms with Crippen LogP contribution in [-0.4, -0.2) is 32.3 Å². The summed E-state index contributed by atoms with van der Waals surface area (Å²) in [6.07, 6.45) is 3.85. The predicted octanol–water partition coefficient (Wildman–Crippen LogP) is 7.97. The van der Waals surface area contributed by atoms with Crippen molar-refractivity contribution in [2.45, 2.75) is 112 Å². The van der Waals surface area contributed by atoms with Crippen molar-refractivity contribution < 1.29 is 18.8 Å². The summed E-state index contributed by atoms with van der Waals surface area (Å²) in [6, 6.07) is 21.2. The molecule has 0 amide bonds. The Labute approximate surface area is 268 Å². The fourth-order valence-electron chi connectivity index (χ4n) is 6.62. The van der Waals surface area contributed by atoms with Crippen LogP contribution in [0.3, 0.4) is 0 Å². The van der Waals surface area contributed by atoms with E-state index in [2.05, 4.69) is 109 Å². The van der Waals surface area contributed by atoms with Crippen LogP contribution in [0.25, 0.3) is 0 Å². The monoisotopic (exact) mass is 616 g/mol. The van der Waals surface area contributed by atoms with Gasteiger partial charge in [0.1, 0.15) is 5.60 Å². The van der Waals surface area contributed by atoms with E-state index in [1.54, 1.807) is 0 Å². The van der Waals surface area contributed by atoms with Crippen LogP contribution in [0.15, 0.2) is 60.7 Å². The molecule has 0 spiro atoms. The molecule has 1 fully saturated rings. The maximum atomic E-state index is 13.6. The normalized spacial score (nSPS) is 18.2. The molecule has 1 unspecified atom stereocenters. The molecule has 0 aromatic heterocycles. The summed E-state index contributed by atoms with van der Waals surface area (Å²) in [5, 5.41) is 2.29. The van der Waals surface area contributed by atoms with Gasteiger partial charge in [-0.2, -0.15) is 0 Å². The van der Waals surface area contributed by atoms with E-state index in [9.17, 15) is 9.59 Å². The molecule has 3 rings (SSSR count). The maximum absolute atomic E-state index is 13.6. The minimum Gasteiger partial charge on any atom is -0.460 e. The molecule has 1 aliphatic rings. The molecular formula is C39H56O4Si. The van der Waals surface area contributed by atoms with Gasteiger partial charge in [-0.3, -0.25) is 9.59 Å². The Morgan fingerprint density at radius 2 is 1.39 bits per heavy atom. The highest BCUT2D eigenvalue weighted by Gasteiger charge is 2.51. The van der Waals surface area contributed by atoms with Crippen LogP contribution in [0.1, 0.15) is 101 Å². The highest BCUT2D eigenvalue weighted by molar-refractivity contribution is 6.99. The number of ketones is 1. The second-order valence-corrected chi connectivity index (χ2v) is 20.4. The molecule has 1 aliphatic carbocycles. The van der Waals surface area contributed by atoms with Crippen LogP contribution in [-0.2, 0) is 18.8 Å². The zero-order valence-electron chi connectivity index (χ0n) is 29.0. The number of benzene rings is 2. The van der Waals surface area contributed by atoms with E-state index in [-0.39, 0.29) is 29.1 Å². The van der Waals surface area contributed by atoms with Gasteiger partial charge in [-0.05, 0) is 85.0 Å². The molecule has 0 N–H and O–H groups in total. The van der Waals surface area contributed by atoms with Crippen molar-refractivity contribution in [2.24, 2.45) is 29.1 Å². The van der Waals surface area contributed by atoms with Crippen molar-refractivity contribution in [3.63, 3.8) is 0 Å². The number of esters is 1. The van der Waals surface area contributed by atoms with Crippen molar-refractivity contribution >= 4 is 30.4 Å². The molecule has 0 bridgehead atoms. The summed E-state index contributed by atoms with van der Waals surface area (Å²) in [7, 11) is -2.75. The molecule has 1 saturated carbocycles. The molecule has 5 heteroatoms. The smallest absolute Gasteiger partial charge is 0.307 e. The number of hydrogen-bond donors (Lipinski definition) is 0. The Morgan fingerprint density at radius 3 is 1.84 bits per heavy atom. The van der Waals surface area contributed by atoms with Crippen molar-refractivity contribution in [1.82, 2.24) is 0 Å². The summed E-state index contributed by atoms with van der Waals surface area (Å²) in [5.74, 6) is 6.81. The van der Waals surface area contributed by atoms with Crippen molar-refractivity contribution in [3.05, 3.63) is 60.7 Å². The SMILES string of the molecule is CC(C)CC1CC(C#CC(=O)C(CC(=O)OC(C)(C)C)CC(C)(C)CO[Si](c2ccccc2)(c2ccccc2)C(C)(C)C)C1. The third kappa shape index (κ3) is 9.91. The maximum Gasteiger partial charge on any atom is 0.307 e. The number of carbonyl (C=O) groups is 2. The highest BCUT2D eigenvalue weighted by Crippen LogP contribution is 2.40. The summed E-state index contributed by atoms with van der Waals surface area (Å²) in [5.41, 5.74) is -1.01. The predicted molar refractivity (Wildman–Crippen MR) is 184 cm³/mol. The first-order valence-electron chi connectivity index (χ1n) is 16.4. The van der Waals surface area contributed by atoms with Gasteiger partial charge >= 0.3 is 5.97 Å². The van der Waals surface area contributed by atoms with Crippen molar-refractivity contribution in [3.8, 4) is 11.8 Å². The average molecular weight is 617 g/mol. The van der Waals surface area contributed by atoms with Gasteiger partial charge in [-0.25, -0.2) is 0 Å². The number of ether oxygens (including phenoxy) is 1. The third-order valence-corrected chi connectivity index (χ3v) is 13.5. The first-order chi connectivity index (χ1) is 20.4. The lowest BCUT2D eigenvalue weighted by Crippen LogP contribution is -2.67. The van der Waals surface area contributed by atoms with Gasteiger partial charge in [0.2, 0.25) is 5.78 Å². The molecule has 0 aliphatic heterocycles. The van der Waals surface area contributed by atoms with E-state index in [0.29, 0.717) is 24.9 Å². The van der Waals surface area contributed by atoms with Crippen LogP contribution in [0.2, 0.25) is 5.04 Å². The number of rotatable bonds is 12.